The summed E-state index contributed by atoms with van der Waals surface area (Å²) in [7, 11) is 0. The molecular weight excluding hydrogens is 256 g/mol. The van der Waals surface area contributed by atoms with Gasteiger partial charge in [0.1, 0.15) is 5.58 Å². The third kappa shape index (κ3) is 2.29. The Labute approximate surface area is 116 Å². The molecule has 3 heteroatoms. The van der Waals surface area contributed by atoms with Crippen molar-refractivity contribution in [2.45, 2.75) is 11.8 Å². The topological polar surface area (TPSA) is 30.2 Å². The third-order valence-corrected chi connectivity index (χ3v) is 3.37. The summed E-state index contributed by atoms with van der Waals surface area (Å²) in [6.45, 7) is 1.97. The Hall–Kier alpha value is -2.00. The average Bonchev–Trinajstić information content (AvgIpc) is 2.39. The number of hydrogen-bond acceptors (Lipinski definition) is 3. The van der Waals surface area contributed by atoms with Crippen molar-refractivity contribution in [2.75, 3.05) is 0 Å². The fraction of sp³-hybridized carbons (Fsp3) is 0.0625. The highest BCUT2D eigenvalue weighted by atomic mass is 32.1. The molecule has 0 fully saturated rings. The van der Waals surface area contributed by atoms with Gasteiger partial charge in [-0.1, -0.05) is 24.3 Å². The molecule has 0 radical (unpaired) electrons. The molecule has 1 aromatic heterocycles. The summed E-state index contributed by atoms with van der Waals surface area (Å²) in [5.74, 6) is 0. The van der Waals surface area contributed by atoms with Gasteiger partial charge in [-0.3, -0.25) is 0 Å². The lowest BCUT2D eigenvalue weighted by Gasteiger charge is -2.03. The van der Waals surface area contributed by atoms with Crippen LogP contribution in [-0.2, 0) is 0 Å². The lowest BCUT2D eigenvalue weighted by Crippen LogP contribution is -2.02. The SMILES string of the molecule is Cc1ccc2cc(-c3ccc(S)cc3)c(=O)oc2c1. The Bertz CT molecular complexity index is 801. The molecule has 0 aliphatic rings. The van der Waals surface area contributed by atoms with Crippen LogP contribution in [0, 0.1) is 6.92 Å². The molecule has 0 amide bonds. The highest BCUT2D eigenvalue weighted by Gasteiger charge is 2.07. The van der Waals surface area contributed by atoms with Crippen LogP contribution in [0.1, 0.15) is 5.56 Å². The van der Waals surface area contributed by atoms with E-state index in [2.05, 4.69) is 12.6 Å². The van der Waals surface area contributed by atoms with E-state index in [1.807, 2.05) is 55.5 Å². The molecule has 3 aromatic rings. The Balaban J connectivity index is 2.24. The fourth-order valence-electron chi connectivity index (χ4n) is 2.06. The first-order chi connectivity index (χ1) is 9.13. The molecule has 0 saturated carbocycles. The number of benzene rings is 2. The van der Waals surface area contributed by atoms with Crippen LogP contribution in [0.3, 0.4) is 0 Å². The maximum absolute atomic E-state index is 12.0. The number of aryl methyl sites for hydroxylation is 1. The van der Waals surface area contributed by atoms with Crippen molar-refractivity contribution in [1.82, 2.24) is 0 Å². The summed E-state index contributed by atoms with van der Waals surface area (Å²) in [6.07, 6.45) is 0. The van der Waals surface area contributed by atoms with Gasteiger partial charge in [-0.05, 0) is 42.3 Å². The molecule has 0 atom stereocenters. The second-order valence-electron chi connectivity index (χ2n) is 4.54. The van der Waals surface area contributed by atoms with Gasteiger partial charge in [0, 0.05) is 10.3 Å². The molecule has 2 aromatic carbocycles. The van der Waals surface area contributed by atoms with E-state index in [1.54, 1.807) is 0 Å². The maximum Gasteiger partial charge on any atom is 0.344 e. The zero-order chi connectivity index (χ0) is 13.4. The minimum atomic E-state index is -0.315. The smallest absolute Gasteiger partial charge is 0.344 e. The second-order valence-corrected chi connectivity index (χ2v) is 5.05. The third-order valence-electron chi connectivity index (χ3n) is 3.07. The van der Waals surface area contributed by atoms with Crippen molar-refractivity contribution in [3.05, 3.63) is 64.5 Å². The van der Waals surface area contributed by atoms with E-state index in [0.717, 1.165) is 21.4 Å². The summed E-state index contributed by atoms with van der Waals surface area (Å²) in [4.78, 5) is 12.9. The first kappa shape index (κ1) is 12.1. The van der Waals surface area contributed by atoms with Gasteiger partial charge in [0.2, 0.25) is 0 Å². The standard InChI is InChI=1S/C16H12O2S/c1-10-2-3-12-9-14(16(17)18-15(12)8-10)11-4-6-13(19)7-5-11/h2-9,19H,1H3. The molecule has 3 rings (SSSR count). The lowest BCUT2D eigenvalue weighted by molar-refractivity contribution is 0.563. The van der Waals surface area contributed by atoms with Gasteiger partial charge in [-0.25, -0.2) is 4.79 Å². The van der Waals surface area contributed by atoms with Gasteiger partial charge in [0.25, 0.3) is 0 Å². The normalized spacial score (nSPS) is 10.8. The van der Waals surface area contributed by atoms with Gasteiger partial charge in [0.05, 0.1) is 5.56 Å². The van der Waals surface area contributed by atoms with Crippen molar-refractivity contribution >= 4 is 23.6 Å². The quantitative estimate of drug-likeness (QED) is 0.533. The molecule has 0 aliphatic carbocycles. The number of thiol groups is 1. The first-order valence-electron chi connectivity index (χ1n) is 5.97. The van der Waals surface area contributed by atoms with E-state index in [4.69, 9.17) is 4.42 Å². The summed E-state index contributed by atoms with van der Waals surface area (Å²) >= 11 is 4.24. The largest absolute Gasteiger partial charge is 0.422 e. The number of rotatable bonds is 1. The molecule has 0 bridgehead atoms. The summed E-state index contributed by atoms with van der Waals surface area (Å²) in [6, 6.07) is 15.2. The minimum Gasteiger partial charge on any atom is -0.422 e. The fourth-order valence-corrected chi connectivity index (χ4v) is 2.21. The molecule has 0 N–H and O–H groups in total. The van der Waals surface area contributed by atoms with Crippen LogP contribution in [0.2, 0.25) is 0 Å². The highest BCUT2D eigenvalue weighted by Crippen LogP contribution is 2.22. The van der Waals surface area contributed by atoms with Crippen LogP contribution in [0.15, 0.2) is 62.6 Å². The van der Waals surface area contributed by atoms with Crippen LogP contribution in [0.5, 0.6) is 0 Å². The van der Waals surface area contributed by atoms with Crippen molar-refractivity contribution in [3.8, 4) is 11.1 Å². The van der Waals surface area contributed by atoms with Crippen molar-refractivity contribution < 1.29 is 4.42 Å². The Morgan fingerprint density at radius 2 is 1.74 bits per heavy atom. The molecule has 0 saturated heterocycles. The van der Waals surface area contributed by atoms with Gasteiger partial charge >= 0.3 is 5.63 Å². The first-order valence-corrected chi connectivity index (χ1v) is 6.42. The molecule has 0 spiro atoms. The highest BCUT2D eigenvalue weighted by molar-refractivity contribution is 7.80. The molecule has 19 heavy (non-hydrogen) atoms. The van der Waals surface area contributed by atoms with E-state index >= 15 is 0 Å². The van der Waals surface area contributed by atoms with Crippen LogP contribution < -0.4 is 5.63 Å². The Kier molecular flexibility index (Phi) is 2.91. The molecular formula is C16H12O2S. The molecule has 1 heterocycles. The van der Waals surface area contributed by atoms with Gasteiger partial charge in [0.15, 0.2) is 0 Å². The average molecular weight is 268 g/mol. The van der Waals surface area contributed by atoms with Crippen molar-refractivity contribution in [1.29, 1.82) is 0 Å². The van der Waals surface area contributed by atoms with E-state index in [9.17, 15) is 4.79 Å². The molecule has 0 unspecified atom stereocenters. The van der Waals surface area contributed by atoms with E-state index in [-0.39, 0.29) is 5.63 Å². The van der Waals surface area contributed by atoms with Gasteiger partial charge in [-0.15, -0.1) is 12.6 Å². The van der Waals surface area contributed by atoms with Crippen molar-refractivity contribution in [3.63, 3.8) is 0 Å². The van der Waals surface area contributed by atoms with E-state index < -0.39 is 0 Å². The van der Waals surface area contributed by atoms with Crippen LogP contribution >= 0.6 is 12.6 Å². The number of fused-ring (bicyclic) bond motifs is 1. The predicted molar refractivity (Wildman–Crippen MR) is 79.9 cm³/mol. The second kappa shape index (κ2) is 4.59. The van der Waals surface area contributed by atoms with Gasteiger partial charge in [-0.2, -0.15) is 0 Å². The Morgan fingerprint density at radius 3 is 2.47 bits per heavy atom. The maximum atomic E-state index is 12.0. The lowest BCUT2D eigenvalue weighted by atomic mass is 10.1. The van der Waals surface area contributed by atoms with Gasteiger partial charge < -0.3 is 4.42 Å². The summed E-state index contributed by atoms with van der Waals surface area (Å²) in [5.41, 5.74) is 2.80. The molecule has 94 valence electrons. The minimum absolute atomic E-state index is 0.315. The predicted octanol–water partition coefficient (Wildman–Crippen LogP) is 4.06. The van der Waals surface area contributed by atoms with E-state index in [0.29, 0.717) is 11.1 Å². The van der Waals surface area contributed by atoms with E-state index in [1.165, 1.54) is 0 Å². The Morgan fingerprint density at radius 1 is 1.00 bits per heavy atom. The summed E-state index contributed by atoms with van der Waals surface area (Å²) < 4.78 is 5.38. The number of hydrogen-bond donors (Lipinski definition) is 1. The molecule has 0 aliphatic heterocycles. The summed E-state index contributed by atoms with van der Waals surface area (Å²) in [5, 5.41) is 0.926. The van der Waals surface area contributed by atoms with Crippen LogP contribution in [-0.4, -0.2) is 0 Å². The monoisotopic (exact) mass is 268 g/mol. The van der Waals surface area contributed by atoms with Crippen LogP contribution in [0.4, 0.5) is 0 Å². The zero-order valence-electron chi connectivity index (χ0n) is 10.4. The zero-order valence-corrected chi connectivity index (χ0v) is 11.3. The van der Waals surface area contributed by atoms with Crippen LogP contribution in [0.25, 0.3) is 22.1 Å². The van der Waals surface area contributed by atoms with Crippen molar-refractivity contribution in [2.24, 2.45) is 0 Å². The molecule has 2 nitrogen and oxygen atoms in total.